The Kier molecular flexibility index (Phi) is 5.05. The maximum absolute atomic E-state index is 10.7. The topological polar surface area (TPSA) is 116 Å². The molecule has 0 spiro atoms. The molecule has 7 heteroatoms. The van der Waals surface area contributed by atoms with E-state index in [9.17, 15) is 14.4 Å². The van der Waals surface area contributed by atoms with Crippen LogP contribution >= 0.6 is 0 Å². The standard InChI is InChI=1S/C7H12N2O5/c1-8-7(14)9-4(6(12)13)2-3-5(10)11/h4H,2-3H2,1H3,(H,10,11)(H,12,13)(H2,8,9,14). The Balaban J connectivity index is 4.09. The summed E-state index contributed by atoms with van der Waals surface area (Å²) in [5.74, 6) is -2.36. The molecule has 0 saturated heterocycles. The van der Waals surface area contributed by atoms with Crippen LogP contribution in [0, 0.1) is 0 Å². The van der Waals surface area contributed by atoms with Gasteiger partial charge in [-0.1, -0.05) is 0 Å². The van der Waals surface area contributed by atoms with Gasteiger partial charge in [0.25, 0.3) is 0 Å². The Bertz CT molecular complexity index is 240. The third-order valence-corrected chi connectivity index (χ3v) is 1.48. The molecule has 2 amide bonds. The molecule has 4 N–H and O–H groups in total. The number of rotatable bonds is 5. The molecular weight excluding hydrogens is 192 g/mol. The van der Waals surface area contributed by atoms with Crippen molar-refractivity contribution in [2.24, 2.45) is 0 Å². The average molecular weight is 204 g/mol. The number of carbonyl (C=O) groups is 3. The highest BCUT2D eigenvalue weighted by Gasteiger charge is 2.19. The van der Waals surface area contributed by atoms with Crippen LogP contribution in [0.3, 0.4) is 0 Å². The maximum Gasteiger partial charge on any atom is 0.326 e. The van der Waals surface area contributed by atoms with Gasteiger partial charge in [0, 0.05) is 13.5 Å². The van der Waals surface area contributed by atoms with Crippen molar-refractivity contribution in [3.8, 4) is 0 Å². The van der Waals surface area contributed by atoms with Crippen LogP contribution in [0.4, 0.5) is 4.79 Å². The van der Waals surface area contributed by atoms with Crippen molar-refractivity contribution in [2.45, 2.75) is 18.9 Å². The summed E-state index contributed by atoms with van der Waals surface area (Å²) in [4.78, 5) is 31.4. The fourth-order valence-electron chi connectivity index (χ4n) is 0.756. The van der Waals surface area contributed by atoms with E-state index in [1.54, 1.807) is 0 Å². The van der Waals surface area contributed by atoms with Crippen LogP contribution in [0.15, 0.2) is 0 Å². The molecule has 0 aliphatic carbocycles. The number of carbonyl (C=O) groups excluding carboxylic acids is 1. The lowest BCUT2D eigenvalue weighted by molar-refractivity contribution is -0.140. The Morgan fingerprint density at radius 2 is 1.86 bits per heavy atom. The zero-order chi connectivity index (χ0) is 11.1. The third kappa shape index (κ3) is 4.96. The predicted molar refractivity (Wildman–Crippen MR) is 45.9 cm³/mol. The summed E-state index contributed by atoms with van der Waals surface area (Å²) in [7, 11) is 1.34. The fraction of sp³-hybridized carbons (Fsp3) is 0.571. The largest absolute Gasteiger partial charge is 0.481 e. The first-order valence-corrected chi connectivity index (χ1v) is 3.90. The highest BCUT2D eigenvalue weighted by atomic mass is 16.4. The molecule has 1 atom stereocenters. The Morgan fingerprint density at radius 1 is 1.29 bits per heavy atom. The van der Waals surface area contributed by atoms with Gasteiger partial charge in [-0.2, -0.15) is 0 Å². The van der Waals surface area contributed by atoms with Gasteiger partial charge in [0.2, 0.25) is 0 Å². The number of nitrogens with one attached hydrogen (secondary N) is 2. The minimum Gasteiger partial charge on any atom is -0.481 e. The molecule has 0 aliphatic rings. The SMILES string of the molecule is CNC(=O)NC(CCC(=O)O)C(=O)O. The number of urea groups is 1. The molecule has 0 aromatic carbocycles. The van der Waals surface area contributed by atoms with E-state index < -0.39 is 24.0 Å². The zero-order valence-corrected chi connectivity index (χ0v) is 7.61. The average Bonchev–Trinajstić information content (AvgIpc) is 2.10. The number of aliphatic carboxylic acids is 2. The van der Waals surface area contributed by atoms with Crippen LogP contribution in [-0.4, -0.2) is 41.3 Å². The van der Waals surface area contributed by atoms with Gasteiger partial charge in [-0.25, -0.2) is 9.59 Å². The molecule has 0 heterocycles. The van der Waals surface area contributed by atoms with Gasteiger partial charge in [-0.15, -0.1) is 0 Å². The molecule has 0 fully saturated rings. The summed E-state index contributed by atoms with van der Waals surface area (Å²) in [6, 6.07) is -1.83. The summed E-state index contributed by atoms with van der Waals surface area (Å²) < 4.78 is 0. The van der Waals surface area contributed by atoms with Crippen LogP contribution in [-0.2, 0) is 9.59 Å². The monoisotopic (exact) mass is 204 g/mol. The zero-order valence-electron chi connectivity index (χ0n) is 7.61. The van der Waals surface area contributed by atoms with Gasteiger partial charge < -0.3 is 20.8 Å². The predicted octanol–water partition coefficient (Wildman–Crippen LogP) is -0.767. The molecule has 80 valence electrons. The van der Waals surface area contributed by atoms with Gasteiger partial charge in [0.05, 0.1) is 0 Å². The molecule has 0 bridgehead atoms. The van der Waals surface area contributed by atoms with Crippen LogP contribution in [0.2, 0.25) is 0 Å². The normalized spacial score (nSPS) is 11.5. The van der Waals surface area contributed by atoms with Crippen LogP contribution in [0.5, 0.6) is 0 Å². The quantitative estimate of drug-likeness (QED) is 0.469. The van der Waals surface area contributed by atoms with Crippen LogP contribution in [0.1, 0.15) is 12.8 Å². The van der Waals surface area contributed by atoms with Gasteiger partial charge >= 0.3 is 18.0 Å². The number of carboxylic acid groups (broad SMARTS) is 2. The summed E-state index contributed by atoms with van der Waals surface area (Å²) in [5.41, 5.74) is 0. The molecule has 0 rings (SSSR count). The molecule has 0 saturated carbocycles. The number of amides is 2. The number of hydrogen-bond acceptors (Lipinski definition) is 3. The summed E-state index contributed by atoms with van der Waals surface area (Å²) in [6.07, 6.45) is -0.445. The van der Waals surface area contributed by atoms with Gasteiger partial charge in [-0.05, 0) is 6.42 Å². The molecule has 14 heavy (non-hydrogen) atoms. The van der Waals surface area contributed by atoms with Gasteiger partial charge in [-0.3, -0.25) is 4.79 Å². The summed E-state index contributed by atoms with van der Waals surface area (Å²) >= 11 is 0. The van der Waals surface area contributed by atoms with Crippen molar-refractivity contribution < 1.29 is 24.6 Å². The Labute approximate surface area is 80.1 Å². The smallest absolute Gasteiger partial charge is 0.326 e. The minimum atomic E-state index is -1.25. The summed E-state index contributed by atoms with van der Waals surface area (Å²) in [6.45, 7) is 0. The minimum absolute atomic E-state index is 0.141. The van der Waals surface area contributed by atoms with Crippen molar-refractivity contribution in [1.82, 2.24) is 10.6 Å². The van der Waals surface area contributed by atoms with E-state index in [4.69, 9.17) is 10.2 Å². The van der Waals surface area contributed by atoms with E-state index in [1.165, 1.54) is 7.05 Å². The van der Waals surface area contributed by atoms with E-state index >= 15 is 0 Å². The van der Waals surface area contributed by atoms with E-state index in [0.29, 0.717) is 0 Å². The fourth-order valence-corrected chi connectivity index (χ4v) is 0.756. The van der Waals surface area contributed by atoms with Crippen molar-refractivity contribution in [1.29, 1.82) is 0 Å². The lowest BCUT2D eigenvalue weighted by Crippen LogP contribution is -2.45. The van der Waals surface area contributed by atoms with Gasteiger partial charge in [0.1, 0.15) is 6.04 Å². The molecule has 1 unspecified atom stereocenters. The van der Waals surface area contributed by atoms with Crippen LogP contribution < -0.4 is 10.6 Å². The van der Waals surface area contributed by atoms with Gasteiger partial charge in [0.15, 0.2) is 0 Å². The first-order valence-electron chi connectivity index (χ1n) is 3.90. The lowest BCUT2D eigenvalue weighted by Gasteiger charge is -2.12. The second-order valence-electron chi connectivity index (χ2n) is 2.55. The summed E-state index contributed by atoms with van der Waals surface area (Å²) in [5, 5.41) is 21.2. The lowest BCUT2D eigenvalue weighted by atomic mass is 10.1. The molecule has 0 aliphatic heterocycles. The van der Waals surface area contributed by atoms with Crippen molar-refractivity contribution >= 4 is 18.0 Å². The molecule has 0 aromatic heterocycles. The number of carboxylic acids is 2. The Morgan fingerprint density at radius 3 is 2.21 bits per heavy atom. The highest BCUT2D eigenvalue weighted by Crippen LogP contribution is 1.97. The van der Waals surface area contributed by atoms with Crippen molar-refractivity contribution in [3.63, 3.8) is 0 Å². The molecule has 0 radical (unpaired) electrons. The van der Waals surface area contributed by atoms with E-state index in [0.717, 1.165) is 0 Å². The van der Waals surface area contributed by atoms with Crippen molar-refractivity contribution in [2.75, 3.05) is 7.05 Å². The highest BCUT2D eigenvalue weighted by molar-refractivity contribution is 5.82. The van der Waals surface area contributed by atoms with E-state index in [1.807, 2.05) is 0 Å². The molecule has 0 aromatic rings. The first kappa shape index (κ1) is 12.2. The van der Waals surface area contributed by atoms with Crippen LogP contribution in [0.25, 0.3) is 0 Å². The van der Waals surface area contributed by atoms with E-state index in [2.05, 4.69) is 10.6 Å². The maximum atomic E-state index is 10.7. The molecular formula is C7H12N2O5. The second kappa shape index (κ2) is 5.79. The van der Waals surface area contributed by atoms with E-state index in [-0.39, 0.29) is 12.8 Å². The Hall–Kier alpha value is -1.79. The third-order valence-electron chi connectivity index (χ3n) is 1.48. The number of hydrogen-bond donors (Lipinski definition) is 4. The molecule has 7 nitrogen and oxygen atoms in total. The van der Waals surface area contributed by atoms with Crippen molar-refractivity contribution in [3.05, 3.63) is 0 Å². The second-order valence-corrected chi connectivity index (χ2v) is 2.55. The first-order chi connectivity index (χ1) is 6.47.